The molecule has 0 amide bonds. The molecule has 0 aliphatic rings. The number of phenols is 1. The molecule has 0 saturated carbocycles. The van der Waals surface area contributed by atoms with Gasteiger partial charge in [0.25, 0.3) is 0 Å². The first-order chi connectivity index (χ1) is 7.22. The Hall–Kier alpha value is -1.60. The van der Waals surface area contributed by atoms with Gasteiger partial charge in [0.1, 0.15) is 0 Å². The molecule has 4 heteroatoms. The number of hydrogen-bond acceptors (Lipinski definition) is 4. The first-order valence-electron chi connectivity index (χ1n) is 4.18. The monoisotopic (exact) mass is 222 g/mol. The lowest BCUT2D eigenvalue weighted by Crippen LogP contribution is -1.91. The summed E-state index contributed by atoms with van der Waals surface area (Å²) in [7, 11) is 1.42. The van der Waals surface area contributed by atoms with Gasteiger partial charge in [0.2, 0.25) is 0 Å². The van der Waals surface area contributed by atoms with Crippen LogP contribution in [0.5, 0.6) is 11.5 Å². The van der Waals surface area contributed by atoms with Crippen LogP contribution in [-0.4, -0.2) is 24.3 Å². The largest absolute Gasteiger partial charge is 0.504 e. The normalized spacial score (nSPS) is 8.93. The third-order valence-corrected chi connectivity index (χ3v) is 1.94. The Balaban J connectivity index is 3.27. The molecule has 78 valence electrons. The fourth-order valence-electron chi connectivity index (χ4n) is 1.09. The van der Waals surface area contributed by atoms with Crippen LogP contribution < -0.4 is 4.74 Å². The molecule has 0 aromatic heterocycles. The first kappa shape index (κ1) is 11.5. The highest BCUT2D eigenvalue weighted by molar-refractivity contribution is 7.80. The van der Waals surface area contributed by atoms with Gasteiger partial charge in [-0.25, -0.2) is 0 Å². The first-order valence-corrected chi connectivity index (χ1v) is 4.82. The Morgan fingerprint density at radius 2 is 2.33 bits per heavy atom. The average Bonchev–Trinajstić information content (AvgIpc) is 2.26. The summed E-state index contributed by atoms with van der Waals surface area (Å²) in [5, 5.41) is 9.48. The maximum Gasteiger partial charge on any atom is 0.161 e. The zero-order chi connectivity index (χ0) is 11.3. The van der Waals surface area contributed by atoms with E-state index in [4.69, 9.17) is 4.74 Å². The maximum atomic E-state index is 10.7. The van der Waals surface area contributed by atoms with Crippen molar-refractivity contribution in [3.8, 4) is 23.3 Å². The Labute approximate surface area is 93.5 Å². The number of phenolic OH excluding ortho intramolecular Hbond substituents is 1. The van der Waals surface area contributed by atoms with Crippen LogP contribution >= 0.6 is 12.6 Å². The topological polar surface area (TPSA) is 46.5 Å². The van der Waals surface area contributed by atoms with Crippen molar-refractivity contribution in [3.05, 3.63) is 23.3 Å². The number of benzene rings is 1. The zero-order valence-corrected chi connectivity index (χ0v) is 9.04. The van der Waals surface area contributed by atoms with Crippen molar-refractivity contribution in [2.24, 2.45) is 0 Å². The van der Waals surface area contributed by atoms with E-state index in [1.807, 2.05) is 0 Å². The van der Waals surface area contributed by atoms with Gasteiger partial charge in [-0.3, -0.25) is 4.79 Å². The summed E-state index contributed by atoms with van der Waals surface area (Å²) in [4.78, 5) is 10.7. The molecule has 0 bridgehead atoms. The van der Waals surface area contributed by atoms with Gasteiger partial charge in [-0.1, -0.05) is 11.8 Å². The molecular formula is C11H10O3S. The minimum Gasteiger partial charge on any atom is -0.504 e. The fraction of sp³-hybridized carbons (Fsp3) is 0.182. The van der Waals surface area contributed by atoms with Crippen molar-refractivity contribution in [2.45, 2.75) is 0 Å². The predicted molar refractivity (Wildman–Crippen MR) is 60.8 cm³/mol. The lowest BCUT2D eigenvalue weighted by atomic mass is 10.1. The molecule has 15 heavy (non-hydrogen) atoms. The van der Waals surface area contributed by atoms with E-state index in [9.17, 15) is 9.90 Å². The van der Waals surface area contributed by atoms with Gasteiger partial charge in [-0.2, -0.15) is 12.6 Å². The van der Waals surface area contributed by atoms with Crippen LogP contribution in [0.25, 0.3) is 0 Å². The number of aromatic hydroxyl groups is 1. The molecule has 3 nitrogen and oxygen atoms in total. The van der Waals surface area contributed by atoms with Crippen LogP contribution in [0.2, 0.25) is 0 Å². The number of carbonyl (C=O) groups is 1. The zero-order valence-electron chi connectivity index (χ0n) is 8.15. The molecule has 0 spiro atoms. The summed E-state index contributed by atoms with van der Waals surface area (Å²) in [5.41, 5.74) is 0.858. The molecule has 1 aromatic carbocycles. The highest BCUT2D eigenvalue weighted by Gasteiger charge is 2.07. The molecular weight excluding hydrogens is 212 g/mol. The van der Waals surface area contributed by atoms with Crippen LogP contribution in [0.1, 0.15) is 15.9 Å². The van der Waals surface area contributed by atoms with Gasteiger partial charge in [-0.05, 0) is 6.07 Å². The molecule has 1 N–H and O–H groups in total. The number of rotatable bonds is 2. The van der Waals surface area contributed by atoms with E-state index in [2.05, 4.69) is 24.5 Å². The molecule has 1 rings (SSSR count). The Bertz CT molecular complexity index is 429. The maximum absolute atomic E-state index is 10.7. The van der Waals surface area contributed by atoms with E-state index in [1.165, 1.54) is 19.2 Å². The smallest absolute Gasteiger partial charge is 0.161 e. The van der Waals surface area contributed by atoms with E-state index in [0.717, 1.165) is 0 Å². The van der Waals surface area contributed by atoms with Crippen LogP contribution in [-0.2, 0) is 0 Å². The summed E-state index contributed by atoms with van der Waals surface area (Å²) in [6.07, 6.45) is 0.671. The van der Waals surface area contributed by atoms with Gasteiger partial charge in [0.05, 0.1) is 12.9 Å². The van der Waals surface area contributed by atoms with Crippen LogP contribution in [0.15, 0.2) is 12.1 Å². The van der Waals surface area contributed by atoms with Gasteiger partial charge in [0.15, 0.2) is 17.8 Å². The van der Waals surface area contributed by atoms with E-state index >= 15 is 0 Å². The highest BCUT2D eigenvalue weighted by Crippen LogP contribution is 2.28. The Morgan fingerprint density at radius 1 is 1.60 bits per heavy atom. The minimum atomic E-state index is -0.0356. The average molecular weight is 222 g/mol. The number of carbonyl (C=O) groups excluding carboxylic acids is 1. The van der Waals surface area contributed by atoms with Crippen molar-refractivity contribution in [1.82, 2.24) is 0 Å². The highest BCUT2D eigenvalue weighted by atomic mass is 32.1. The molecule has 0 radical (unpaired) electrons. The summed E-state index contributed by atoms with van der Waals surface area (Å²) < 4.78 is 4.87. The van der Waals surface area contributed by atoms with E-state index in [0.29, 0.717) is 23.2 Å². The minimum absolute atomic E-state index is 0.0356. The third kappa shape index (κ3) is 2.67. The van der Waals surface area contributed by atoms with Crippen molar-refractivity contribution >= 4 is 18.9 Å². The van der Waals surface area contributed by atoms with Gasteiger partial charge in [0, 0.05) is 17.2 Å². The van der Waals surface area contributed by atoms with E-state index in [1.54, 1.807) is 0 Å². The summed E-state index contributed by atoms with van der Waals surface area (Å²) in [6, 6.07) is 2.85. The second-order valence-corrected chi connectivity index (χ2v) is 3.01. The summed E-state index contributed by atoms with van der Waals surface area (Å²) in [5.74, 6) is 6.06. The SMILES string of the molecule is COc1cc(C=O)c(C#CCS)cc1O. The van der Waals surface area contributed by atoms with Crippen molar-refractivity contribution < 1.29 is 14.6 Å². The molecule has 0 atom stereocenters. The van der Waals surface area contributed by atoms with Gasteiger partial charge < -0.3 is 9.84 Å². The number of methoxy groups -OCH3 is 1. The van der Waals surface area contributed by atoms with E-state index in [-0.39, 0.29) is 11.5 Å². The standard InChI is InChI=1S/C11H10O3S/c1-14-11-6-9(7-12)8(3-2-4-15)5-10(11)13/h5-7,13,15H,4H2,1H3. The lowest BCUT2D eigenvalue weighted by molar-refractivity contribution is 0.112. The van der Waals surface area contributed by atoms with Crippen LogP contribution in [0.3, 0.4) is 0 Å². The lowest BCUT2D eigenvalue weighted by Gasteiger charge is -2.05. The molecule has 0 heterocycles. The fourth-order valence-corrected chi connectivity index (χ4v) is 1.17. The summed E-state index contributed by atoms with van der Waals surface area (Å²) >= 11 is 3.93. The second kappa shape index (κ2) is 5.32. The molecule has 0 fully saturated rings. The summed E-state index contributed by atoms with van der Waals surface area (Å²) in [6.45, 7) is 0. The number of aldehydes is 1. The Morgan fingerprint density at radius 3 is 2.87 bits per heavy atom. The molecule has 0 unspecified atom stereocenters. The van der Waals surface area contributed by atoms with Crippen molar-refractivity contribution in [2.75, 3.05) is 12.9 Å². The van der Waals surface area contributed by atoms with E-state index < -0.39 is 0 Å². The Kier molecular flexibility index (Phi) is 4.07. The number of ether oxygens (including phenoxy) is 1. The number of thiol groups is 1. The molecule has 0 aliphatic carbocycles. The van der Waals surface area contributed by atoms with Gasteiger partial charge >= 0.3 is 0 Å². The molecule has 0 aliphatic heterocycles. The predicted octanol–water partition coefficient (Wildman–Crippen LogP) is 1.49. The quantitative estimate of drug-likeness (QED) is 0.453. The van der Waals surface area contributed by atoms with Crippen molar-refractivity contribution in [1.29, 1.82) is 0 Å². The third-order valence-electron chi connectivity index (χ3n) is 1.78. The van der Waals surface area contributed by atoms with Crippen molar-refractivity contribution in [3.63, 3.8) is 0 Å². The molecule has 1 aromatic rings. The van der Waals surface area contributed by atoms with Gasteiger partial charge in [-0.15, -0.1) is 0 Å². The molecule has 0 saturated heterocycles. The number of hydrogen-bond donors (Lipinski definition) is 2. The van der Waals surface area contributed by atoms with Crippen LogP contribution in [0, 0.1) is 11.8 Å². The van der Waals surface area contributed by atoms with Crippen LogP contribution in [0.4, 0.5) is 0 Å². The second-order valence-electron chi connectivity index (χ2n) is 2.69.